The summed E-state index contributed by atoms with van der Waals surface area (Å²) >= 11 is 0. The number of pyridine rings is 1. The van der Waals surface area contributed by atoms with Crippen LogP contribution in [0, 0.1) is 0 Å². The van der Waals surface area contributed by atoms with E-state index in [1.807, 2.05) is 0 Å². The first kappa shape index (κ1) is 12.5. The van der Waals surface area contributed by atoms with Gasteiger partial charge in [0.25, 0.3) is 0 Å². The number of methoxy groups -OCH3 is 1. The molecule has 18 heavy (non-hydrogen) atoms. The molecule has 96 valence electrons. The number of carbonyl (C=O) groups excluding carboxylic acids is 1. The fourth-order valence-corrected chi connectivity index (χ4v) is 2.07. The largest absolute Gasteiger partial charge is 0.478 e. The Morgan fingerprint density at radius 1 is 1.56 bits per heavy atom. The molecule has 1 amide bonds. The Bertz CT molecular complexity index is 487. The van der Waals surface area contributed by atoms with Crippen LogP contribution in [0.2, 0.25) is 0 Å². The van der Waals surface area contributed by atoms with Gasteiger partial charge in [0.05, 0.1) is 5.56 Å². The lowest BCUT2D eigenvalue weighted by molar-refractivity contribution is -0.136. The van der Waals surface area contributed by atoms with Crippen LogP contribution in [-0.2, 0) is 22.5 Å². The van der Waals surface area contributed by atoms with Crippen molar-refractivity contribution < 1.29 is 19.4 Å². The van der Waals surface area contributed by atoms with Crippen LogP contribution >= 0.6 is 0 Å². The molecule has 0 atom stereocenters. The first-order valence-electron chi connectivity index (χ1n) is 5.60. The Kier molecular flexibility index (Phi) is 3.57. The van der Waals surface area contributed by atoms with E-state index in [0.717, 1.165) is 5.69 Å². The molecular weight excluding hydrogens is 236 g/mol. The monoisotopic (exact) mass is 250 g/mol. The molecule has 6 heteroatoms. The minimum Gasteiger partial charge on any atom is -0.478 e. The van der Waals surface area contributed by atoms with E-state index in [2.05, 4.69) is 4.98 Å². The summed E-state index contributed by atoms with van der Waals surface area (Å²) in [5.41, 5.74) is 1.60. The Morgan fingerprint density at radius 3 is 3.00 bits per heavy atom. The van der Waals surface area contributed by atoms with Crippen LogP contribution in [0.3, 0.4) is 0 Å². The van der Waals surface area contributed by atoms with E-state index in [1.54, 1.807) is 4.90 Å². The van der Waals surface area contributed by atoms with E-state index < -0.39 is 5.97 Å². The molecule has 0 radical (unpaired) electrons. The van der Waals surface area contributed by atoms with Gasteiger partial charge in [0.2, 0.25) is 5.91 Å². The third-order valence-corrected chi connectivity index (χ3v) is 2.96. The molecule has 1 aromatic rings. The molecule has 1 N–H and O–H groups in total. The average molecular weight is 250 g/mol. The van der Waals surface area contributed by atoms with E-state index >= 15 is 0 Å². The number of carboxylic acids is 1. The first-order valence-corrected chi connectivity index (χ1v) is 5.60. The number of aromatic carboxylic acids is 1. The fraction of sp³-hybridized carbons (Fsp3) is 0.417. The van der Waals surface area contributed by atoms with Crippen molar-refractivity contribution in [2.24, 2.45) is 0 Å². The number of amides is 1. The van der Waals surface area contributed by atoms with Crippen molar-refractivity contribution in [3.05, 3.63) is 29.1 Å². The van der Waals surface area contributed by atoms with Gasteiger partial charge < -0.3 is 14.7 Å². The van der Waals surface area contributed by atoms with E-state index in [4.69, 9.17) is 9.84 Å². The zero-order valence-electron chi connectivity index (χ0n) is 10.0. The number of fused-ring (bicyclic) bond motifs is 1. The summed E-state index contributed by atoms with van der Waals surface area (Å²) in [6.45, 7) is 0.844. The number of aromatic nitrogens is 1. The fourth-order valence-electron chi connectivity index (χ4n) is 2.07. The minimum absolute atomic E-state index is 0.0119. The second-order valence-corrected chi connectivity index (χ2v) is 4.09. The number of carboxylic acid groups (broad SMARTS) is 1. The average Bonchev–Trinajstić information content (AvgIpc) is 2.37. The highest BCUT2D eigenvalue weighted by Crippen LogP contribution is 2.21. The van der Waals surface area contributed by atoms with E-state index in [9.17, 15) is 9.59 Å². The molecule has 2 heterocycles. The molecule has 1 aromatic heterocycles. The first-order chi connectivity index (χ1) is 8.63. The number of hydrogen-bond donors (Lipinski definition) is 1. The third-order valence-electron chi connectivity index (χ3n) is 2.96. The van der Waals surface area contributed by atoms with Crippen LogP contribution in [0.1, 0.15) is 21.6 Å². The highest BCUT2D eigenvalue weighted by Gasteiger charge is 2.25. The molecule has 0 spiro atoms. The lowest BCUT2D eigenvalue weighted by atomic mass is 10.00. The van der Waals surface area contributed by atoms with Gasteiger partial charge in [0, 0.05) is 44.1 Å². The third kappa shape index (κ3) is 2.33. The van der Waals surface area contributed by atoms with Crippen molar-refractivity contribution in [3.63, 3.8) is 0 Å². The van der Waals surface area contributed by atoms with Crippen molar-refractivity contribution in [2.45, 2.75) is 13.0 Å². The zero-order chi connectivity index (χ0) is 13.1. The minimum atomic E-state index is -0.991. The molecular formula is C12H14N2O4. The number of ether oxygens (including phenoxy) is 1. The van der Waals surface area contributed by atoms with Gasteiger partial charge in [-0.05, 0) is 6.07 Å². The van der Waals surface area contributed by atoms with Crippen molar-refractivity contribution in [2.75, 3.05) is 20.3 Å². The molecule has 0 saturated carbocycles. The van der Waals surface area contributed by atoms with Gasteiger partial charge in [0.1, 0.15) is 6.61 Å². The molecule has 0 aliphatic carbocycles. The molecule has 0 bridgehead atoms. The van der Waals surface area contributed by atoms with Gasteiger partial charge in [-0.1, -0.05) is 0 Å². The van der Waals surface area contributed by atoms with Gasteiger partial charge in [-0.2, -0.15) is 0 Å². The predicted octanol–water partition coefficient (Wildman–Crippen LogP) is 0.311. The molecule has 2 rings (SSSR count). The van der Waals surface area contributed by atoms with Crippen LogP contribution in [0.15, 0.2) is 12.3 Å². The Labute approximate surface area is 104 Å². The number of nitrogens with zero attached hydrogens (tertiary/aromatic N) is 2. The number of carbonyl (C=O) groups is 2. The maximum absolute atomic E-state index is 11.7. The summed E-state index contributed by atoms with van der Waals surface area (Å²) in [7, 11) is 1.46. The van der Waals surface area contributed by atoms with Crippen molar-refractivity contribution in [3.8, 4) is 0 Å². The Morgan fingerprint density at radius 2 is 2.33 bits per heavy atom. The van der Waals surface area contributed by atoms with Gasteiger partial charge in [0.15, 0.2) is 0 Å². The topological polar surface area (TPSA) is 79.7 Å². The zero-order valence-corrected chi connectivity index (χ0v) is 10.0. The molecule has 0 aromatic carbocycles. The highest BCUT2D eigenvalue weighted by molar-refractivity contribution is 5.90. The maximum atomic E-state index is 11.7. The molecule has 6 nitrogen and oxygen atoms in total. The molecule has 1 aliphatic heterocycles. The van der Waals surface area contributed by atoms with E-state index in [1.165, 1.54) is 19.4 Å². The summed E-state index contributed by atoms with van der Waals surface area (Å²) < 4.78 is 4.80. The van der Waals surface area contributed by atoms with E-state index in [-0.39, 0.29) is 24.6 Å². The smallest absolute Gasteiger partial charge is 0.336 e. The number of rotatable bonds is 3. The van der Waals surface area contributed by atoms with Crippen molar-refractivity contribution in [1.82, 2.24) is 9.88 Å². The summed E-state index contributed by atoms with van der Waals surface area (Å²) in [4.78, 5) is 28.6. The van der Waals surface area contributed by atoms with Gasteiger partial charge in [-0.15, -0.1) is 0 Å². The van der Waals surface area contributed by atoms with Crippen LogP contribution in [0.5, 0.6) is 0 Å². The van der Waals surface area contributed by atoms with Gasteiger partial charge in [-0.25, -0.2) is 4.79 Å². The second kappa shape index (κ2) is 5.14. The highest BCUT2D eigenvalue weighted by atomic mass is 16.5. The normalized spacial score (nSPS) is 14.2. The van der Waals surface area contributed by atoms with Crippen molar-refractivity contribution >= 4 is 11.9 Å². The predicted molar refractivity (Wildman–Crippen MR) is 62.2 cm³/mol. The summed E-state index contributed by atoms with van der Waals surface area (Å²) in [5, 5.41) is 9.11. The van der Waals surface area contributed by atoms with Crippen LogP contribution < -0.4 is 0 Å². The maximum Gasteiger partial charge on any atom is 0.336 e. The van der Waals surface area contributed by atoms with Gasteiger partial charge >= 0.3 is 5.97 Å². The van der Waals surface area contributed by atoms with Gasteiger partial charge in [-0.3, -0.25) is 9.78 Å². The van der Waals surface area contributed by atoms with Crippen LogP contribution in [0.25, 0.3) is 0 Å². The quantitative estimate of drug-likeness (QED) is 0.835. The second-order valence-electron chi connectivity index (χ2n) is 4.09. The molecule has 0 saturated heterocycles. The number of hydrogen-bond acceptors (Lipinski definition) is 4. The van der Waals surface area contributed by atoms with Crippen LogP contribution in [-0.4, -0.2) is 47.1 Å². The summed E-state index contributed by atoms with van der Waals surface area (Å²) in [5.74, 6) is -1.13. The lowest BCUT2D eigenvalue weighted by Gasteiger charge is -2.28. The lowest BCUT2D eigenvalue weighted by Crippen LogP contribution is -2.39. The van der Waals surface area contributed by atoms with Crippen molar-refractivity contribution in [1.29, 1.82) is 0 Å². The Balaban J connectivity index is 2.27. The Hall–Kier alpha value is -1.95. The summed E-state index contributed by atoms with van der Waals surface area (Å²) in [6, 6.07) is 1.46. The molecule has 1 aliphatic rings. The molecule has 0 fully saturated rings. The summed E-state index contributed by atoms with van der Waals surface area (Å²) in [6.07, 6.45) is 2.07. The molecule has 0 unspecified atom stereocenters. The van der Waals surface area contributed by atoms with Crippen LogP contribution in [0.4, 0.5) is 0 Å². The van der Waals surface area contributed by atoms with E-state index in [0.29, 0.717) is 18.5 Å². The SMILES string of the molecule is COCC(=O)N1CCc2nccc(C(=O)O)c2C1. The standard InChI is InChI=1S/C12H14N2O4/c1-18-7-11(15)14-5-3-10-9(6-14)8(12(16)17)2-4-13-10/h2,4H,3,5-7H2,1H3,(H,16,17).